The lowest BCUT2D eigenvalue weighted by Crippen LogP contribution is -2.30. The van der Waals surface area contributed by atoms with E-state index in [0.29, 0.717) is 13.1 Å². The maximum absolute atomic E-state index is 13.2. The van der Waals surface area contributed by atoms with Crippen molar-refractivity contribution in [3.05, 3.63) is 83.9 Å². The molecule has 26 heavy (non-hydrogen) atoms. The van der Waals surface area contributed by atoms with Gasteiger partial charge in [-0.2, -0.15) is 0 Å². The van der Waals surface area contributed by atoms with Crippen LogP contribution < -0.4 is 0 Å². The highest BCUT2D eigenvalue weighted by molar-refractivity contribution is 6.02. The minimum atomic E-state index is 0.0864. The molecule has 0 unspecified atom stereocenters. The Balaban J connectivity index is 2.14. The molecule has 0 fully saturated rings. The number of amides is 1. The number of nitrogens with zero attached hydrogens (tertiary/aromatic N) is 1. The lowest BCUT2D eigenvalue weighted by molar-refractivity contribution is 0.0774. The van der Waals surface area contributed by atoms with Gasteiger partial charge in [-0.3, -0.25) is 4.79 Å². The highest BCUT2D eigenvalue weighted by atomic mass is 16.2. The summed E-state index contributed by atoms with van der Waals surface area (Å²) in [6.45, 7) is 7.53. The molecule has 0 aliphatic heterocycles. The van der Waals surface area contributed by atoms with E-state index in [1.165, 1.54) is 5.56 Å². The lowest BCUT2D eigenvalue weighted by atomic mass is 9.93. The monoisotopic (exact) mass is 343 g/mol. The zero-order valence-electron chi connectivity index (χ0n) is 15.7. The molecule has 2 heteroatoms. The molecule has 132 valence electrons. The molecule has 0 aliphatic rings. The predicted octanol–water partition coefficient (Wildman–Crippen LogP) is 5.81. The smallest absolute Gasteiger partial charge is 0.254 e. The molecule has 3 rings (SSSR count). The first kappa shape index (κ1) is 17.9. The largest absolute Gasteiger partial charge is 0.339 e. The van der Waals surface area contributed by atoms with Crippen molar-refractivity contribution in [2.75, 3.05) is 13.1 Å². The van der Waals surface area contributed by atoms with Gasteiger partial charge in [-0.1, -0.05) is 72.3 Å². The van der Waals surface area contributed by atoms with Crippen LogP contribution in [0.4, 0.5) is 0 Å². The third kappa shape index (κ3) is 3.70. The Labute approximate surface area is 156 Å². The number of carbonyl (C=O) groups is 1. The van der Waals surface area contributed by atoms with Crippen LogP contribution in [0.2, 0.25) is 0 Å². The Hall–Kier alpha value is -2.87. The second-order valence-corrected chi connectivity index (χ2v) is 6.47. The molecule has 0 heterocycles. The first-order chi connectivity index (χ1) is 12.6. The minimum Gasteiger partial charge on any atom is -0.339 e. The van der Waals surface area contributed by atoms with Crippen molar-refractivity contribution in [3.63, 3.8) is 0 Å². The third-order valence-corrected chi connectivity index (χ3v) is 4.77. The normalized spacial score (nSPS) is 10.6. The molecule has 3 aromatic rings. The van der Waals surface area contributed by atoms with Crippen LogP contribution in [-0.2, 0) is 0 Å². The van der Waals surface area contributed by atoms with Crippen molar-refractivity contribution >= 4 is 5.91 Å². The average molecular weight is 343 g/mol. The fourth-order valence-electron chi connectivity index (χ4n) is 3.20. The summed E-state index contributed by atoms with van der Waals surface area (Å²) < 4.78 is 0. The fourth-order valence-corrected chi connectivity index (χ4v) is 3.20. The van der Waals surface area contributed by atoms with Crippen molar-refractivity contribution in [1.29, 1.82) is 0 Å². The summed E-state index contributed by atoms with van der Waals surface area (Å²) >= 11 is 0. The maximum atomic E-state index is 13.2. The van der Waals surface area contributed by atoms with E-state index in [9.17, 15) is 4.79 Å². The maximum Gasteiger partial charge on any atom is 0.254 e. The second kappa shape index (κ2) is 8.01. The van der Waals surface area contributed by atoms with Crippen LogP contribution in [0.15, 0.2) is 72.8 Å². The lowest BCUT2D eigenvalue weighted by Gasteiger charge is -2.21. The van der Waals surface area contributed by atoms with E-state index in [-0.39, 0.29) is 5.91 Å². The number of aryl methyl sites for hydroxylation is 1. The van der Waals surface area contributed by atoms with Gasteiger partial charge in [-0.25, -0.2) is 0 Å². The number of hydrogen-bond donors (Lipinski definition) is 0. The first-order valence-electron chi connectivity index (χ1n) is 9.19. The van der Waals surface area contributed by atoms with Gasteiger partial charge in [0.25, 0.3) is 5.91 Å². The van der Waals surface area contributed by atoms with Crippen molar-refractivity contribution in [3.8, 4) is 22.3 Å². The van der Waals surface area contributed by atoms with E-state index in [4.69, 9.17) is 0 Å². The Bertz CT molecular complexity index is 878. The Kier molecular flexibility index (Phi) is 5.52. The Morgan fingerprint density at radius 3 is 2.00 bits per heavy atom. The zero-order valence-corrected chi connectivity index (χ0v) is 15.7. The van der Waals surface area contributed by atoms with Gasteiger partial charge >= 0.3 is 0 Å². The van der Waals surface area contributed by atoms with E-state index in [1.54, 1.807) is 0 Å². The summed E-state index contributed by atoms with van der Waals surface area (Å²) in [5.74, 6) is 0.0864. The topological polar surface area (TPSA) is 20.3 Å². The molecule has 0 aliphatic carbocycles. The summed E-state index contributed by atoms with van der Waals surface area (Å²) in [6.07, 6.45) is 0. The number of carbonyl (C=O) groups excluding carboxylic acids is 1. The van der Waals surface area contributed by atoms with Crippen molar-refractivity contribution in [2.24, 2.45) is 0 Å². The molecule has 0 atom stereocenters. The van der Waals surface area contributed by atoms with Crippen molar-refractivity contribution in [1.82, 2.24) is 4.90 Å². The minimum absolute atomic E-state index is 0.0864. The molecule has 0 aromatic heterocycles. The second-order valence-electron chi connectivity index (χ2n) is 6.47. The standard InChI is InChI=1S/C24H25NO/c1-4-25(5-2)24(26)23-17-21(19-9-7-6-8-10-19)15-16-22(23)20-13-11-18(3)12-14-20/h6-17H,4-5H2,1-3H3. The van der Waals surface area contributed by atoms with Gasteiger partial charge in [0, 0.05) is 18.7 Å². The van der Waals surface area contributed by atoms with E-state index < -0.39 is 0 Å². The molecule has 3 aromatic carbocycles. The van der Waals surface area contributed by atoms with Crippen LogP contribution in [0.25, 0.3) is 22.3 Å². The number of hydrogen-bond acceptors (Lipinski definition) is 1. The molecule has 0 N–H and O–H groups in total. The predicted molar refractivity (Wildman–Crippen MR) is 109 cm³/mol. The Morgan fingerprint density at radius 1 is 0.769 bits per heavy atom. The molecule has 2 nitrogen and oxygen atoms in total. The molecule has 0 radical (unpaired) electrons. The van der Waals surface area contributed by atoms with E-state index in [1.807, 2.05) is 43.0 Å². The van der Waals surface area contributed by atoms with Gasteiger partial charge in [-0.05, 0) is 49.1 Å². The Morgan fingerprint density at radius 2 is 1.38 bits per heavy atom. The third-order valence-electron chi connectivity index (χ3n) is 4.77. The summed E-state index contributed by atoms with van der Waals surface area (Å²) in [7, 11) is 0. The van der Waals surface area contributed by atoms with Crippen LogP contribution in [0.3, 0.4) is 0 Å². The fraction of sp³-hybridized carbons (Fsp3) is 0.208. The molecule has 0 saturated carbocycles. The molecule has 0 spiro atoms. The van der Waals surface area contributed by atoms with E-state index >= 15 is 0 Å². The van der Waals surface area contributed by atoms with E-state index in [2.05, 4.69) is 55.5 Å². The van der Waals surface area contributed by atoms with Gasteiger partial charge in [0.15, 0.2) is 0 Å². The zero-order chi connectivity index (χ0) is 18.5. The first-order valence-corrected chi connectivity index (χ1v) is 9.19. The van der Waals surface area contributed by atoms with E-state index in [0.717, 1.165) is 27.8 Å². The SMILES string of the molecule is CCN(CC)C(=O)c1cc(-c2ccccc2)ccc1-c1ccc(C)cc1. The molecule has 1 amide bonds. The molecule has 0 saturated heterocycles. The summed E-state index contributed by atoms with van der Waals surface area (Å²) in [6, 6.07) is 24.8. The quantitative estimate of drug-likeness (QED) is 0.572. The summed E-state index contributed by atoms with van der Waals surface area (Å²) in [4.78, 5) is 15.1. The van der Waals surface area contributed by atoms with Crippen molar-refractivity contribution in [2.45, 2.75) is 20.8 Å². The summed E-state index contributed by atoms with van der Waals surface area (Å²) in [5, 5.41) is 0. The molecule has 0 bridgehead atoms. The van der Waals surface area contributed by atoms with Crippen LogP contribution in [-0.4, -0.2) is 23.9 Å². The molecular formula is C24H25NO. The number of benzene rings is 3. The summed E-state index contributed by atoms with van der Waals surface area (Å²) in [5.41, 5.74) is 6.23. The van der Waals surface area contributed by atoms with Crippen LogP contribution in [0, 0.1) is 6.92 Å². The van der Waals surface area contributed by atoms with Gasteiger partial charge in [0.2, 0.25) is 0 Å². The van der Waals surface area contributed by atoms with Gasteiger partial charge < -0.3 is 4.90 Å². The molecular weight excluding hydrogens is 318 g/mol. The average Bonchev–Trinajstić information content (AvgIpc) is 2.70. The number of rotatable bonds is 5. The van der Waals surface area contributed by atoms with Gasteiger partial charge in [0.1, 0.15) is 0 Å². The highest BCUT2D eigenvalue weighted by Crippen LogP contribution is 2.30. The van der Waals surface area contributed by atoms with Crippen LogP contribution >= 0.6 is 0 Å². The van der Waals surface area contributed by atoms with Crippen molar-refractivity contribution < 1.29 is 4.79 Å². The highest BCUT2D eigenvalue weighted by Gasteiger charge is 2.18. The van der Waals surface area contributed by atoms with Gasteiger partial charge in [0.05, 0.1) is 0 Å². The van der Waals surface area contributed by atoms with Crippen LogP contribution in [0.1, 0.15) is 29.8 Å². The van der Waals surface area contributed by atoms with Crippen LogP contribution in [0.5, 0.6) is 0 Å². The van der Waals surface area contributed by atoms with Gasteiger partial charge in [-0.15, -0.1) is 0 Å².